The molecule has 3 heterocycles. The van der Waals surface area contributed by atoms with Crippen molar-refractivity contribution in [1.29, 1.82) is 0 Å². The Morgan fingerprint density at radius 2 is 1.00 bits per heavy atom. The Bertz CT molecular complexity index is 2500. The fourth-order valence-corrected chi connectivity index (χ4v) is 9.21. The van der Waals surface area contributed by atoms with Gasteiger partial charge in [0.2, 0.25) is 5.41 Å². The average Bonchev–Trinajstić information content (AvgIpc) is 3.70. The van der Waals surface area contributed by atoms with Crippen molar-refractivity contribution in [3.05, 3.63) is 135 Å². The number of amides is 6. The number of imide groups is 3. The molecule has 3 aliphatic heterocycles. The summed E-state index contributed by atoms with van der Waals surface area (Å²) in [5.74, 6) is -6.48. The van der Waals surface area contributed by atoms with Crippen LogP contribution in [0.15, 0.2) is 85.0 Å². The summed E-state index contributed by atoms with van der Waals surface area (Å²) < 4.78 is 144. The highest BCUT2D eigenvalue weighted by molar-refractivity contribution is 8.00. The van der Waals surface area contributed by atoms with Gasteiger partial charge in [0.05, 0.1) is 57.2 Å². The van der Waals surface area contributed by atoms with Crippen LogP contribution in [-0.4, -0.2) is 76.2 Å². The molecule has 2 unspecified atom stereocenters. The van der Waals surface area contributed by atoms with E-state index >= 15 is 26.3 Å². The first-order valence-electron chi connectivity index (χ1n) is 18.5. The molecule has 0 fully saturated rings. The van der Waals surface area contributed by atoms with Gasteiger partial charge < -0.3 is 0 Å². The molecule has 0 aromatic heterocycles. The predicted octanol–water partition coefficient (Wildman–Crippen LogP) is 9.99. The summed E-state index contributed by atoms with van der Waals surface area (Å²) in [6.45, 7) is 13.9. The molecule has 9 nitrogen and oxygen atoms in total. The second-order valence-electron chi connectivity index (χ2n) is 14.6. The first-order chi connectivity index (χ1) is 29.2. The number of benzene rings is 3. The molecule has 0 bridgehead atoms. The third-order valence-corrected chi connectivity index (χ3v) is 12.1. The van der Waals surface area contributed by atoms with E-state index in [4.69, 9.17) is 0 Å². The molecule has 0 aliphatic carbocycles. The van der Waals surface area contributed by atoms with Gasteiger partial charge in [-0.05, 0) is 93.3 Å². The summed E-state index contributed by atoms with van der Waals surface area (Å²) >= 11 is 0.850. The number of hydrogen-bond donors (Lipinski definition) is 0. The van der Waals surface area contributed by atoms with Gasteiger partial charge in [0.15, 0.2) is 0 Å². The van der Waals surface area contributed by atoms with Gasteiger partial charge in [-0.15, -0.1) is 11.8 Å². The van der Waals surface area contributed by atoms with Crippen LogP contribution in [-0.2, 0) is 21.2 Å². The molecule has 3 aromatic rings. The number of rotatable bonds is 10. The van der Waals surface area contributed by atoms with Crippen molar-refractivity contribution in [2.75, 3.05) is 12.1 Å². The lowest BCUT2D eigenvalue weighted by Crippen LogP contribution is -2.55. The highest BCUT2D eigenvalue weighted by atomic mass is 32.2. The molecule has 0 N–H and O–H groups in total. The summed E-state index contributed by atoms with van der Waals surface area (Å²) in [6.07, 6.45) is -15.3. The van der Waals surface area contributed by atoms with Crippen molar-refractivity contribution in [2.24, 2.45) is 0 Å². The number of carbonyl (C=O) groups is 6. The number of anilines is 1. The van der Waals surface area contributed by atoms with E-state index in [0.717, 1.165) is 28.8 Å². The lowest BCUT2D eigenvalue weighted by Gasteiger charge is -2.38. The van der Waals surface area contributed by atoms with Crippen molar-refractivity contribution in [3.8, 4) is 0 Å². The second-order valence-corrected chi connectivity index (χ2v) is 16.2. The Labute approximate surface area is 357 Å². The Morgan fingerprint density at radius 1 is 0.571 bits per heavy atom. The van der Waals surface area contributed by atoms with Crippen LogP contribution in [0.5, 0.6) is 0 Å². The van der Waals surface area contributed by atoms with Gasteiger partial charge in [0.25, 0.3) is 35.4 Å². The maximum Gasteiger partial charge on any atom is 0.416 e. The molecule has 6 amide bonds. The largest absolute Gasteiger partial charge is 0.416 e. The summed E-state index contributed by atoms with van der Waals surface area (Å²) in [5.41, 5.74) is -13.5. The van der Waals surface area contributed by atoms with Crippen molar-refractivity contribution in [2.45, 2.75) is 75.2 Å². The van der Waals surface area contributed by atoms with Crippen LogP contribution in [0, 0.1) is 6.92 Å². The number of hydrogen-bond acceptors (Lipinski definition) is 7. The zero-order chi connectivity index (χ0) is 47.6. The summed E-state index contributed by atoms with van der Waals surface area (Å²) in [6, 6.07) is 2.72. The normalized spacial score (nSPS) is 16.8. The number of carbonyl (C=O) groups excluding carboxylic acids is 6. The third kappa shape index (κ3) is 7.44. The van der Waals surface area contributed by atoms with Crippen LogP contribution < -0.4 is 4.90 Å². The van der Waals surface area contributed by atoms with E-state index in [9.17, 15) is 46.3 Å². The van der Waals surface area contributed by atoms with E-state index in [0.29, 0.717) is 54.5 Å². The van der Waals surface area contributed by atoms with Crippen LogP contribution in [0.2, 0.25) is 0 Å². The first-order valence-corrected chi connectivity index (χ1v) is 19.4. The SMILES string of the molecule is C=CC1=C(C=C)C(=O)N(C(C)SC(C)c2cc(C(F)(F)F)cc(N3C(=O)c4ccc(C(c5ccc6c(c5)C(=O)N(C(C)C)C6=O)(C(F)(F)F)C(F)(F)F)cc4C3=O)c2C)C1=O.CF. The molecule has 0 spiro atoms. The molecule has 63 heavy (non-hydrogen) atoms. The minimum absolute atomic E-state index is 0.0500. The van der Waals surface area contributed by atoms with Crippen molar-refractivity contribution >= 4 is 52.9 Å². The van der Waals surface area contributed by atoms with E-state index in [1.807, 2.05) is 0 Å². The highest BCUT2D eigenvalue weighted by Crippen LogP contribution is 2.57. The highest BCUT2D eigenvalue weighted by Gasteiger charge is 2.73. The number of alkyl halides is 10. The minimum atomic E-state index is -6.25. The van der Waals surface area contributed by atoms with E-state index < -0.39 is 121 Å². The lowest BCUT2D eigenvalue weighted by atomic mass is 9.71. The van der Waals surface area contributed by atoms with E-state index in [1.54, 1.807) is 0 Å². The molecule has 6 rings (SSSR count). The van der Waals surface area contributed by atoms with Crippen molar-refractivity contribution < 1.29 is 72.7 Å². The molecule has 0 radical (unpaired) electrons. The van der Waals surface area contributed by atoms with Crippen LogP contribution in [0.25, 0.3) is 0 Å². The van der Waals surface area contributed by atoms with Gasteiger partial charge in [0.1, 0.15) is 0 Å². The van der Waals surface area contributed by atoms with Gasteiger partial charge in [-0.2, -0.15) is 39.5 Å². The van der Waals surface area contributed by atoms with Gasteiger partial charge in [-0.1, -0.05) is 37.4 Å². The van der Waals surface area contributed by atoms with Crippen molar-refractivity contribution in [1.82, 2.24) is 9.80 Å². The average molecular weight is 912 g/mol. The molecule has 3 aromatic carbocycles. The van der Waals surface area contributed by atoms with Crippen molar-refractivity contribution in [3.63, 3.8) is 0 Å². The topological polar surface area (TPSA) is 112 Å². The third-order valence-electron chi connectivity index (χ3n) is 10.8. The maximum atomic E-state index is 15.3. The quantitative estimate of drug-likeness (QED) is 0.147. The molecule has 2 atom stereocenters. The lowest BCUT2D eigenvalue weighted by molar-refractivity contribution is -0.288. The Hall–Kier alpha value is -6.05. The maximum absolute atomic E-state index is 15.3. The Kier molecular flexibility index (Phi) is 12.6. The number of thioether (sulfide) groups is 1. The molecular weight excluding hydrogens is 877 g/mol. The summed E-state index contributed by atoms with van der Waals surface area (Å²) in [4.78, 5) is 81.6. The Morgan fingerprint density at radius 3 is 1.43 bits per heavy atom. The van der Waals surface area contributed by atoms with Gasteiger partial charge in [0, 0.05) is 11.3 Å². The Balaban J connectivity index is 0.00000369. The van der Waals surface area contributed by atoms with E-state index in [-0.39, 0.29) is 33.2 Å². The smallest absolute Gasteiger partial charge is 0.272 e. The fourth-order valence-electron chi connectivity index (χ4n) is 7.91. The monoisotopic (exact) mass is 911 g/mol. The summed E-state index contributed by atoms with van der Waals surface area (Å²) in [7, 11) is 0.500. The van der Waals surface area contributed by atoms with Crippen LogP contribution >= 0.6 is 11.8 Å². The number of nitrogens with zero attached hydrogens (tertiary/aromatic N) is 3. The van der Waals surface area contributed by atoms with Gasteiger partial charge >= 0.3 is 18.5 Å². The second kappa shape index (κ2) is 16.6. The van der Waals surface area contributed by atoms with Crippen LogP contribution in [0.4, 0.5) is 49.6 Å². The van der Waals surface area contributed by atoms with E-state index in [1.165, 1.54) is 34.6 Å². The zero-order valence-corrected chi connectivity index (χ0v) is 34.7. The number of fused-ring (bicyclic) bond motifs is 2. The molecular formula is C43H35F10N3O6S. The molecule has 334 valence electrons. The van der Waals surface area contributed by atoms with Gasteiger partial charge in [-0.3, -0.25) is 43.0 Å². The zero-order valence-electron chi connectivity index (χ0n) is 33.9. The standard InChI is InChI=1S/C42H32F9N3O6S.CH3F/c1-8-25-26(9-2)34(56)53(33(25)55)21(7)61-20(6)29-16-24(40(43,44)45)17-32(19(29)5)54-36(58)28-13-11-23(15-31(28)38(54)60)39(41(46,47)48,42(49,50)51)22-10-12-27-30(14-22)37(59)52(18(3)4)35(27)57;1-2/h8-18,20-21H,1-2H2,3-7H3;1H3. The molecule has 0 saturated carbocycles. The van der Waals surface area contributed by atoms with Crippen LogP contribution in [0.1, 0.15) is 102 Å². The minimum Gasteiger partial charge on any atom is -0.272 e. The fraction of sp³-hybridized carbons (Fsp3) is 0.302. The van der Waals surface area contributed by atoms with E-state index in [2.05, 4.69) is 13.2 Å². The molecule has 3 aliphatic rings. The first kappa shape index (κ1) is 48.0. The predicted molar refractivity (Wildman–Crippen MR) is 211 cm³/mol. The molecule has 20 heteroatoms. The number of halogens is 10. The van der Waals surface area contributed by atoms with Gasteiger partial charge in [-0.25, -0.2) is 4.90 Å². The molecule has 0 saturated heterocycles. The van der Waals surface area contributed by atoms with Crippen LogP contribution in [0.3, 0.4) is 0 Å². The summed E-state index contributed by atoms with van der Waals surface area (Å²) in [5, 5.41) is -2.03.